The second kappa shape index (κ2) is 4.93. The molecule has 0 atom stereocenters. The van der Waals surface area contributed by atoms with Crippen LogP contribution in [0.3, 0.4) is 0 Å². The van der Waals surface area contributed by atoms with Gasteiger partial charge in [-0.3, -0.25) is 0 Å². The molecular weight excluding hydrogens is 324 g/mol. The molecule has 0 spiro atoms. The lowest BCUT2D eigenvalue weighted by atomic mass is 9.88. The van der Waals surface area contributed by atoms with Crippen LogP contribution in [0.25, 0.3) is 0 Å². The van der Waals surface area contributed by atoms with Gasteiger partial charge in [-0.25, -0.2) is 8.78 Å². The molecule has 0 radical (unpaired) electrons. The summed E-state index contributed by atoms with van der Waals surface area (Å²) in [5.41, 5.74) is 8.17. The minimum Gasteiger partial charge on any atom is -0.324 e. The summed E-state index contributed by atoms with van der Waals surface area (Å²) in [6, 6.07) is 10.6. The van der Waals surface area contributed by atoms with Gasteiger partial charge in [0.1, 0.15) is 11.6 Å². The summed E-state index contributed by atoms with van der Waals surface area (Å²) < 4.78 is 28.2. The van der Waals surface area contributed by atoms with Gasteiger partial charge in [0.2, 0.25) is 0 Å². The summed E-state index contributed by atoms with van der Waals surface area (Å²) in [4.78, 5) is 0. The molecular formula is C16H14BrF2N. The Balaban J connectivity index is 1.92. The second-order valence-corrected chi connectivity index (χ2v) is 6.34. The summed E-state index contributed by atoms with van der Waals surface area (Å²) in [7, 11) is 0. The van der Waals surface area contributed by atoms with Gasteiger partial charge in [-0.1, -0.05) is 24.3 Å². The van der Waals surface area contributed by atoms with Crippen molar-refractivity contribution in [3.63, 3.8) is 0 Å². The summed E-state index contributed by atoms with van der Waals surface area (Å²) in [6.07, 6.45) is 1.49. The van der Waals surface area contributed by atoms with Gasteiger partial charge in [0.05, 0.1) is 4.47 Å². The molecule has 104 valence electrons. The van der Waals surface area contributed by atoms with E-state index in [-0.39, 0.29) is 16.5 Å². The second-order valence-electron chi connectivity index (χ2n) is 5.48. The van der Waals surface area contributed by atoms with Crippen molar-refractivity contribution in [1.29, 1.82) is 0 Å². The summed E-state index contributed by atoms with van der Waals surface area (Å²) in [6.45, 7) is 0. The first-order valence-corrected chi connectivity index (χ1v) is 7.26. The number of fused-ring (bicyclic) bond motifs is 1. The fraction of sp³-hybridized carbons (Fsp3) is 0.250. The van der Waals surface area contributed by atoms with Gasteiger partial charge in [-0.05, 0) is 58.5 Å². The average Bonchev–Trinajstić information content (AvgIpc) is 2.75. The number of halogens is 3. The quantitative estimate of drug-likeness (QED) is 0.829. The first-order valence-electron chi connectivity index (χ1n) is 6.46. The van der Waals surface area contributed by atoms with Crippen LogP contribution in [-0.2, 0) is 19.3 Å². The van der Waals surface area contributed by atoms with Crippen molar-refractivity contribution in [2.45, 2.75) is 24.8 Å². The van der Waals surface area contributed by atoms with E-state index in [0.29, 0.717) is 12.8 Å². The standard InChI is InChI=1S/C16H14BrF2N/c17-13-5-6-14(18)12(15(13)19)9-16(20)7-10-3-1-2-4-11(10)8-16/h1-6H,7-9,20H2. The molecule has 2 aromatic carbocycles. The molecule has 0 heterocycles. The summed E-state index contributed by atoms with van der Waals surface area (Å²) in [5, 5.41) is 0. The smallest absolute Gasteiger partial charge is 0.143 e. The summed E-state index contributed by atoms with van der Waals surface area (Å²) >= 11 is 3.09. The third-order valence-corrected chi connectivity index (χ3v) is 4.48. The number of benzene rings is 2. The molecule has 0 saturated carbocycles. The Labute approximate surface area is 124 Å². The highest BCUT2D eigenvalue weighted by molar-refractivity contribution is 9.10. The van der Waals surface area contributed by atoms with E-state index < -0.39 is 17.2 Å². The van der Waals surface area contributed by atoms with Crippen LogP contribution in [0, 0.1) is 11.6 Å². The molecule has 1 aliphatic carbocycles. The van der Waals surface area contributed by atoms with Crippen molar-refractivity contribution in [2.24, 2.45) is 5.73 Å². The lowest BCUT2D eigenvalue weighted by molar-refractivity contribution is 0.422. The van der Waals surface area contributed by atoms with Crippen LogP contribution in [0.1, 0.15) is 16.7 Å². The Hall–Kier alpha value is -1.26. The van der Waals surface area contributed by atoms with Crippen molar-refractivity contribution in [3.05, 3.63) is 69.2 Å². The van der Waals surface area contributed by atoms with E-state index in [9.17, 15) is 8.78 Å². The van der Waals surface area contributed by atoms with Gasteiger partial charge in [0, 0.05) is 11.1 Å². The maximum absolute atomic E-state index is 14.1. The third-order valence-electron chi connectivity index (χ3n) is 3.87. The molecule has 0 bridgehead atoms. The molecule has 3 rings (SSSR count). The van der Waals surface area contributed by atoms with Crippen LogP contribution >= 0.6 is 15.9 Å². The lowest BCUT2D eigenvalue weighted by Gasteiger charge is -2.24. The van der Waals surface area contributed by atoms with E-state index >= 15 is 0 Å². The lowest BCUT2D eigenvalue weighted by Crippen LogP contribution is -2.43. The molecule has 0 amide bonds. The van der Waals surface area contributed by atoms with Crippen LogP contribution in [0.15, 0.2) is 40.9 Å². The molecule has 0 aromatic heterocycles. The molecule has 0 saturated heterocycles. The van der Waals surface area contributed by atoms with Crippen molar-refractivity contribution in [2.75, 3.05) is 0 Å². The van der Waals surface area contributed by atoms with Gasteiger partial charge in [-0.2, -0.15) is 0 Å². The topological polar surface area (TPSA) is 26.0 Å². The number of rotatable bonds is 2. The molecule has 0 aliphatic heterocycles. The molecule has 0 fully saturated rings. The van der Waals surface area contributed by atoms with E-state index in [1.165, 1.54) is 23.3 Å². The van der Waals surface area contributed by atoms with E-state index in [2.05, 4.69) is 15.9 Å². The fourth-order valence-electron chi connectivity index (χ4n) is 2.93. The zero-order chi connectivity index (χ0) is 14.3. The maximum Gasteiger partial charge on any atom is 0.143 e. The predicted molar refractivity (Wildman–Crippen MR) is 78.5 cm³/mol. The Bertz CT molecular complexity index is 645. The Morgan fingerprint density at radius 3 is 2.25 bits per heavy atom. The zero-order valence-corrected chi connectivity index (χ0v) is 12.4. The van der Waals surface area contributed by atoms with Gasteiger partial charge in [0.25, 0.3) is 0 Å². The third kappa shape index (κ3) is 2.38. The van der Waals surface area contributed by atoms with Crippen molar-refractivity contribution >= 4 is 15.9 Å². The van der Waals surface area contributed by atoms with E-state index in [0.717, 1.165) is 0 Å². The first kappa shape index (κ1) is 13.7. The molecule has 1 aliphatic rings. The van der Waals surface area contributed by atoms with Gasteiger partial charge in [-0.15, -0.1) is 0 Å². The molecule has 4 heteroatoms. The SMILES string of the molecule is NC1(Cc2c(F)ccc(Br)c2F)Cc2ccccc2C1. The van der Waals surface area contributed by atoms with Crippen LogP contribution in [0.4, 0.5) is 8.78 Å². The van der Waals surface area contributed by atoms with Gasteiger partial charge < -0.3 is 5.73 Å². The number of hydrogen-bond acceptors (Lipinski definition) is 1. The molecule has 2 aromatic rings. The Morgan fingerprint density at radius 2 is 1.65 bits per heavy atom. The zero-order valence-electron chi connectivity index (χ0n) is 10.8. The molecule has 2 N–H and O–H groups in total. The van der Waals surface area contributed by atoms with Crippen LogP contribution in [-0.4, -0.2) is 5.54 Å². The van der Waals surface area contributed by atoms with E-state index in [1.54, 1.807) is 0 Å². The largest absolute Gasteiger partial charge is 0.324 e. The van der Waals surface area contributed by atoms with Crippen molar-refractivity contribution in [1.82, 2.24) is 0 Å². The van der Waals surface area contributed by atoms with Crippen molar-refractivity contribution < 1.29 is 8.78 Å². The van der Waals surface area contributed by atoms with Gasteiger partial charge >= 0.3 is 0 Å². The molecule has 1 nitrogen and oxygen atoms in total. The average molecular weight is 338 g/mol. The molecule has 0 unspecified atom stereocenters. The first-order chi connectivity index (χ1) is 9.48. The number of nitrogens with two attached hydrogens (primary N) is 1. The fourth-order valence-corrected chi connectivity index (χ4v) is 3.30. The molecule has 20 heavy (non-hydrogen) atoms. The minimum absolute atomic E-state index is 0.0645. The minimum atomic E-state index is -0.619. The monoisotopic (exact) mass is 337 g/mol. The van der Waals surface area contributed by atoms with E-state index in [1.807, 2.05) is 24.3 Å². The Kier molecular flexibility index (Phi) is 3.38. The Morgan fingerprint density at radius 1 is 1.05 bits per heavy atom. The normalized spacial score (nSPS) is 16.2. The predicted octanol–water partition coefficient (Wildman–Crippen LogP) is 3.77. The van der Waals surface area contributed by atoms with Crippen LogP contribution in [0.5, 0.6) is 0 Å². The summed E-state index contributed by atoms with van der Waals surface area (Å²) in [5.74, 6) is -1.09. The highest BCUT2D eigenvalue weighted by Gasteiger charge is 2.35. The number of hydrogen-bond donors (Lipinski definition) is 1. The van der Waals surface area contributed by atoms with Crippen LogP contribution < -0.4 is 5.73 Å². The van der Waals surface area contributed by atoms with Gasteiger partial charge in [0.15, 0.2) is 0 Å². The van der Waals surface area contributed by atoms with Crippen molar-refractivity contribution in [3.8, 4) is 0 Å². The van der Waals surface area contributed by atoms with Crippen LogP contribution in [0.2, 0.25) is 0 Å². The van der Waals surface area contributed by atoms with E-state index in [4.69, 9.17) is 5.73 Å². The highest BCUT2D eigenvalue weighted by Crippen LogP contribution is 2.33. The maximum atomic E-state index is 14.1. The highest BCUT2D eigenvalue weighted by atomic mass is 79.9.